The lowest BCUT2D eigenvalue weighted by Gasteiger charge is -2.22. The lowest BCUT2D eigenvalue weighted by molar-refractivity contribution is 0.0909. The number of aromatic nitrogens is 3. The van der Waals surface area contributed by atoms with Gasteiger partial charge in [0.05, 0.1) is 32.1 Å². The van der Waals surface area contributed by atoms with Crippen molar-refractivity contribution >= 4 is 5.91 Å². The molecule has 9 nitrogen and oxygen atoms in total. The number of nitrogens with zero attached hydrogens (tertiary/aromatic N) is 4. The maximum absolute atomic E-state index is 12.3. The van der Waals surface area contributed by atoms with Gasteiger partial charge in [-0.15, -0.1) is 10.2 Å². The quantitative estimate of drug-likeness (QED) is 0.621. The molecule has 9 heteroatoms. The number of hydrogen-bond acceptors (Lipinski definition) is 7. The van der Waals surface area contributed by atoms with Gasteiger partial charge in [0.15, 0.2) is 11.6 Å². The standard InChI is InChI=1S/C22H27N5O4/c1-15(23-22(28)19-8-5-13-31-19)21-25-24-20-9-10-26(11-12-27(20)21)14-16-17(29-2)6-4-7-18(16)30-3/h4-8,13,15H,9-12,14H2,1-3H3,(H,23,28)/t15-/m1/s1. The second-order valence-electron chi connectivity index (χ2n) is 7.47. The molecule has 0 saturated carbocycles. The van der Waals surface area contributed by atoms with Gasteiger partial charge in [-0.1, -0.05) is 6.07 Å². The lowest BCUT2D eigenvalue weighted by Crippen LogP contribution is -2.30. The average Bonchev–Trinajstić information content (AvgIpc) is 3.42. The van der Waals surface area contributed by atoms with Gasteiger partial charge in [0.25, 0.3) is 5.91 Å². The SMILES string of the molecule is COc1cccc(OC)c1CN1CCc2nnc([C@@H](C)NC(=O)c3ccco3)n2CC1. The number of rotatable bonds is 7. The zero-order chi connectivity index (χ0) is 21.8. The van der Waals surface area contributed by atoms with Crippen molar-refractivity contribution in [2.75, 3.05) is 27.3 Å². The highest BCUT2D eigenvalue weighted by Crippen LogP contribution is 2.30. The summed E-state index contributed by atoms with van der Waals surface area (Å²) in [5, 5.41) is 11.7. The van der Waals surface area contributed by atoms with E-state index in [-0.39, 0.29) is 17.7 Å². The number of hydrogen-bond donors (Lipinski definition) is 1. The third-order valence-electron chi connectivity index (χ3n) is 5.54. The summed E-state index contributed by atoms with van der Waals surface area (Å²) in [5.41, 5.74) is 1.03. The monoisotopic (exact) mass is 425 g/mol. The Bertz CT molecular complexity index is 1010. The molecule has 2 aromatic heterocycles. The van der Waals surface area contributed by atoms with E-state index in [2.05, 4.69) is 25.0 Å². The van der Waals surface area contributed by atoms with Gasteiger partial charge in [-0.3, -0.25) is 9.69 Å². The van der Waals surface area contributed by atoms with Gasteiger partial charge >= 0.3 is 0 Å². The van der Waals surface area contributed by atoms with Crippen molar-refractivity contribution in [1.29, 1.82) is 0 Å². The van der Waals surface area contributed by atoms with Crippen LogP contribution in [0.5, 0.6) is 11.5 Å². The Hall–Kier alpha value is -3.33. The van der Waals surface area contributed by atoms with Gasteiger partial charge in [-0.2, -0.15) is 0 Å². The molecule has 3 heterocycles. The largest absolute Gasteiger partial charge is 0.496 e. The Labute approximate surface area is 181 Å². The minimum Gasteiger partial charge on any atom is -0.496 e. The smallest absolute Gasteiger partial charge is 0.287 e. The van der Waals surface area contributed by atoms with Crippen LogP contribution in [0.4, 0.5) is 0 Å². The van der Waals surface area contributed by atoms with E-state index in [0.29, 0.717) is 6.54 Å². The molecule has 1 atom stereocenters. The van der Waals surface area contributed by atoms with Crippen molar-refractivity contribution in [3.8, 4) is 11.5 Å². The first-order chi connectivity index (χ1) is 15.1. The van der Waals surface area contributed by atoms with Crippen molar-refractivity contribution in [2.45, 2.75) is 32.5 Å². The van der Waals surface area contributed by atoms with E-state index < -0.39 is 0 Å². The minimum absolute atomic E-state index is 0.270. The fourth-order valence-corrected chi connectivity index (χ4v) is 3.92. The Balaban J connectivity index is 1.46. The molecule has 0 aliphatic carbocycles. The Morgan fingerprint density at radius 3 is 2.58 bits per heavy atom. The normalized spacial score (nSPS) is 15.1. The maximum Gasteiger partial charge on any atom is 0.287 e. The highest BCUT2D eigenvalue weighted by molar-refractivity contribution is 5.91. The zero-order valence-corrected chi connectivity index (χ0v) is 18.0. The highest BCUT2D eigenvalue weighted by atomic mass is 16.5. The van der Waals surface area contributed by atoms with E-state index >= 15 is 0 Å². The average molecular weight is 425 g/mol. The van der Waals surface area contributed by atoms with E-state index in [1.165, 1.54) is 6.26 Å². The molecule has 0 saturated heterocycles. The summed E-state index contributed by atoms with van der Waals surface area (Å²) >= 11 is 0. The molecule has 0 unspecified atom stereocenters. The summed E-state index contributed by atoms with van der Waals surface area (Å²) in [5.74, 6) is 3.30. The molecule has 1 aromatic carbocycles. The maximum atomic E-state index is 12.3. The number of nitrogens with one attached hydrogen (secondary N) is 1. The second kappa shape index (κ2) is 9.22. The molecule has 0 bridgehead atoms. The van der Waals surface area contributed by atoms with E-state index in [1.807, 2.05) is 25.1 Å². The zero-order valence-electron chi connectivity index (χ0n) is 18.0. The molecule has 1 aliphatic heterocycles. The van der Waals surface area contributed by atoms with Crippen LogP contribution >= 0.6 is 0 Å². The Kier molecular flexibility index (Phi) is 6.22. The number of methoxy groups -OCH3 is 2. The van der Waals surface area contributed by atoms with E-state index in [0.717, 1.165) is 54.8 Å². The number of fused-ring (bicyclic) bond motifs is 1. The summed E-state index contributed by atoms with van der Waals surface area (Å²) in [7, 11) is 3.35. The number of carbonyl (C=O) groups is 1. The molecule has 0 radical (unpaired) electrons. The molecule has 0 fully saturated rings. The number of furan rings is 1. The fourth-order valence-electron chi connectivity index (χ4n) is 3.92. The van der Waals surface area contributed by atoms with E-state index in [9.17, 15) is 4.79 Å². The number of benzene rings is 1. The van der Waals surface area contributed by atoms with Gasteiger partial charge in [-0.25, -0.2) is 0 Å². The van der Waals surface area contributed by atoms with Gasteiger partial charge < -0.3 is 23.8 Å². The van der Waals surface area contributed by atoms with Crippen molar-refractivity contribution in [3.63, 3.8) is 0 Å². The van der Waals surface area contributed by atoms with Crippen LogP contribution in [0.25, 0.3) is 0 Å². The highest BCUT2D eigenvalue weighted by Gasteiger charge is 2.24. The molecule has 1 amide bonds. The van der Waals surface area contributed by atoms with Crippen LogP contribution in [0.1, 0.15) is 40.7 Å². The van der Waals surface area contributed by atoms with Gasteiger partial charge in [0.2, 0.25) is 0 Å². The van der Waals surface area contributed by atoms with Gasteiger partial charge in [-0.05, 0) is 31.2 Å². The molecule has 1 N–H and O–H groups in total. The van der Waals surface area contributed by atoms with Crippen LogP contribution in [0, 0.1) is 0 Å². The first kappa shape index (κ1) is 20.9. The second-order valence-corrected chi connectivity index (χ2v) is 7.47. The first-order valence-corrected chi connectivity index (χ1v) is 10.3. The van der Waals surface area contributed by atoms with Crippen LogP contribution in [0.15, 0.2) is 41.0 Å². The predicted octanol–water partition coefficient (Wildman–Crippen LogP) is 2.44. The lowest BCUT2D eigenvalue weighted by atomic mass is 10.1. The summed E-state index contributed by atoms with van der Waals surface area (Å²) in [6.45, 7) is 5.01. The van der Waals surface area contributed by atoms with E-state index in [4.69, 9.17) is 13.9 Å². The fraction of sp³-hybridized carbons (Fsp3) is 0.409. The molecular weight excluding hydrogens is 398 g/mol. The molecule has 31 heavy (non-hydrogen) atoms. The summed E-state index contributed by atoms with van der Waals surface area (Å²) in [4.78, 5) is 14.7. The number of carbonyl (C=O) groups excluding carboxylic acids is 1. The molecule has 0 spiro atoms. The molecular formula is C22H27N5O4. The molecule has 3 aromatic rings. The number of amides is 1. The van der Waals surface area contributed by atoms with Crippen molar-refractivity contribution in [1.82, 2.24) is 25.0 Å². The third-order valence-corrected chi connectivity index (χ3v) is 5.54. The summed E-state index contributed by atoms with van der Waals surface area (Å²) < 4.78 is 18.4. The van der Waals surface area contributed by atoms with Gasteiger partial charge in [0, 0.05) is 32.6 Å². The third kappa shape index (κ3) is 4.41. The Morgan fingerprint density at radius 1 is 1.13 bits per heavy atom. The van der Waals surface area contributed by atoms with Crippen LogP contribution in [0.2, 0.25) is 0 Å². The van der Waals surface area contributed by atoms with Crippen molar-refractivity contribution < 1.29 is 18.7 Å². The minimum atomic E-state index is -0.292. The molecule has 4 rings (SSSR count). The Morgan fingerprint density at radius 2 is 1.90 bits per heavy atom. The van der Waals surface area contributed by atoms with Crippen molar-refractivity contribution in [2.24, 2.45) is 0 Å². The van der Waals surface area contributed by atoms with Crippen LogP contribution in [-0.4, -0.2) is 52.9 Å². The van der Waals surface area contributed by atoms with Crippen LogP contribution in [0.3, 0.4) is 0 Å². The van der Waals surface area contributed by atoms with Gasteiger partial charge in [0.1, 0.15) is 17.3 Å². The van der Waals surface area contributed by atoms with E-state index in [1.54, 1.807) is 26.4 Å². The van der Waals surface area contributed by atoms with Crippen LogP contribution in [-0.2, 0) is 19.5 Å². The molecule has 164 valence electrons. The molecule has 1 aliphatic rings. The summed E-state index contributed by atoms with van der Waals surface area (Å²) in [6, 6.07) is 8.86. The predicted molar refractivity (Wildman–Crippen MR) is 113 cm³/mol. The topological polar surface area (TPSA) is 94.7 Å². The van der Waals surface area contributed by atoms with Crippen molar-refractivity contribution in [3.05, 3.63) is 59.6 Å². The number of ether oxygens (including phenoxy) is 2. The first-order valence-electron chi connectivity index (χ1n) is 10.3. The summed E-state index contributed by atoms with van der Waals surface area (Å²) in [6.07, 6.45) is 2.25. The van der Waals surface area contributed by atoms with Crippen LogP contribution < -0.4 is 14.8 Å².